The summed E-state index contributed by atoms with van der Waals surface area (Å²) in [6.07, 6.45) is -0.394. The Bertz CT molecular complexity index is 444. The van der Waals surface area contributed by atoms with Crippen molar-refractivity contribution in [3.8, 4) is 0 Å². The Hall–Kier alpha value is -1.26. The zero-order valence-electron chi connectivity index (χ0n) is 12.5. The van der Waals surface area contributed by atoms with E-state index in [-0.39, 0.29) is 6.04 Å². The highest BCUT2D eigenvalue weighted by atomic mass is 35.5. The average molecular weight is 299 g/mol. The lowest BCUT2D eigenvalue weighted by Gasteiger charge is -2.20. The fourth-order valence-corrected chi connectivity index (χ4v) is 1.86. The van der Waals surface area contributed by atoms with E-state index in [0.29, 0.717) is 13.1 Å². The molecule has 1 amide bonds. The molecule has 2 N–H and O–H groups in total. The van der Waals surface area contributed by atoms with Gasteiger partial charge in [0.1, 0.15) is 5.60 Å². The largest absolute Gasteiger partial charge is 0.444 e. The van der Waals surface area contributed by atoms with E-state index in [1.807, 2.05) is 45.0 Å². The van der Waals surface area contributed by atoms with Gasteiger partial charge in [0, 0.05) is 24.2 Å². The van der Waals surface area contributed by atoms with Gasteiger partial charge in [-0.2, -0.15) is 0 Å². The molecular weight excluding hydrogens is 276 g/mol. The van der Waals surface area contributed by atoms with Crippen LogP contribution in [-0.2, 0) is 4.74 Å². The fourth-order valence-electron chi connectivity index (χ4n) is 1.66. The van der Waals surface area contributed by atoms with E-state index in [9.17, 15) is 4.79 Å². The molecule has 112 valence electrons. The molecule has 5 heteroatoms. The first-order chi connectivity index (χ1) is 9.28. The molecule has 0 unspecified atom stereocenters. The monoisotopic (exact) mass is 298 g/mol. The number of benzene rings is 1. The molecule has 1 atom stereocenters. The van der Waals surface area contributed by atoms with Crippen molar-refractivity contribution < 1.29 is 9.53 Å². The third-order valence-corrected chi connectivity index (χ3v) is 2.83. The van der Waals surface area contributed by atoms with Crippen molar-refractivity contribution in [1.29, 1.82) is 0 Å². The van der Waals surface area contributed by atoms with Gasteiger partial charge < -0.3 is 15.4 Å². The number of carbonyl (C=O) groups is 1. The van der Waals surface area contributed by atoms with Gasteiger partial charge in [-0.05, 0) is 45.4 Å². The third kappa shape index (κ3) is 6.78. The van der Waals surface area contributed by atoms with Gasteiger partial charge in [-0.25, -0.2) is 4.79 Å². The maximum absolute atomic E-state index is 11.4. The smallest absolute Gasteiger partial charge is 0.407 e. The van der Waals surface area contributed by atoms with Crippen LogP contribution in [0.2, 0.25) is 5.02 Å². The predicted octanol–water partition coefficient (Wildman–Crippen LogP) is 3.52. The number of rotatable bonds is 5. The summed E-state index contributed by atoms with van der Waals surface area (Å²) in [7, 11) is 0. The van der Waals surface area contributed by atoms with Crippen LogP contribution in [0.1, 0.15) is 39.3 Å². The lowest BCUT2D eigenvalue weighted by Crippen LogP contribution is -2.36. The van der Waals surface area contributed by atoms with Crippen molar-refractivity contribution in [2.24, 2.45) is 0 Å². The Morgan fingerprint density at radius 1 is 1.35 bits per heavy atom. The Morgan fingerprint density at radius 2 is 2.05 bits per heavy atom. The van der Waals surface area contributed by atoms with Gasteiger partial charge in [0.15, 0.2) is 0 Å². The number of alkyl carbamates (subject to hydrolysis) is 1. The molecule has 0 aromatic heterocycles. The van der Waals surface area contributed by atoms with E-state index in [2.05, 4.69) is 17.6 Å². The highest BCUT2D eigenvalue weighted by Gasteiger charge is 2.15. The number of hydrogen-bond donors (Lipinski definition) is 2. The minimum Gasteiger partial charge on any atom is -0.444 e. The van der Waals surface area contributed by atoms with Crippen LogP contribution in [0.4, 0.5) is 4.79 Å². The van der Waals surface area contributed by atoms with Gasteiger partial charge in [-0.3, -0.25) is 0 Å². The molecule has 0 saturated carbocycles. The quantitative estimate of drug-likeness (QED) is 0.818. The maximum atomic E-state index is 11.4. The number of halogens is 1. The molecule has 0 bridgehead atoms. The fraction of sp³-hybridized carbons (Fsp3) is 0.533. The van der Waals surface area contributed by atoms with Crippen LogP contribution in [0.15, 0.2) is 24.3 Å². The zero-order valence-corrected chi connectivity index (χ0v) is 13.3. The number of carbonyl (C=O) groups excluding carboxylic acids is 1. The Balaban J connectivity index is 2.26. The second-order valence-electron chi connectivity index (χ2n) is 5.66. The molecule has 0 radical (unpaired) electrons. The number of amides is 1. The van der Waals surface area contributed by atoms with Crippen LogP contribution >= 0.6 is 11.6 Å². The summed E-state index contributed by atoms with van der Waals surface area (Å²) in [5, 5.41) is 6.75. The van der Waals surface area contributed by atoms with Crippen LogP contribution in [0, 0.1) is 0 Å². The van der Waals surface area contributed by atoms with E-state index in [4.69, 9.17) is 16.3 Å². The van der Waals surface area contributed by atoms with E-state index in [0.717, 1.165) is 10.6 Å². The number of hydrogen-bond acceptors (Lipinski definition) is 3. The standard InChI is InChI=1S/C15H23ClN2O2/c1-11(12-6-5-7-13(16)10-12)17-8-9-18-14(19)20-15(2,3)4/h5-7,10-11,17H,8-9H2,1-4H3,(H,18,19)/t11-/m1/s1. The first-order valence-corrected chi connectivity index (χ1v) is 7.11. The molecule has 0 aliphatic carbocycles. The Morgan fingerprint density at radius 3 is 2.65 bits per heavy atom. The van der Waals surface area contributed by atoms with E-state index in [1.54, 1.807) is 0 Å². The van der Waals surface area contributed by atoms with Crippen molar-refractivity contribution in [3.05, 3.63) is 34.9 Å². The molecule has 0 saturated heterocycles. The molecule has 0 heterocycles. The van der Waals surface area contributed by atoms with Crippen molar-refractivity contribution in [1.82, 2.24) is 10.6 Å². The maximum Gasteiger partial charge on any atom is 0.407 e. The Kier molecular flexibility index (Phi) is 6.30. The second-order valence-corrected chi connectivity index (χ2v) is 6.10. The summed E-state index contributed by atoms with van der Waals surface area (Å²) >= 11 is 5.95. The molecule has 0 aliphatic heterocycles. The van der Waals surface area contributed by atoms with Crippen LogP contribution < -0.4 is 10.6 Å². The normalized spacial score (nSPS) is 12.8. The van der Waals surface area contributed by atoms with Gasteiger partial charge in [-0.15, -0.1) is 0 Å². The van der Waals surface area contributed by atoms with Crippen LogP contribution in [0.5, 0.6) is 0 Å². The molecule has 0 aliphatic rings. The van der Waals surface area contributed by atoms with Crippen LogP contribution in [0.25, 0.3) is 0 Å². The summed E-state index contributed by atoms with van der Waals surface area (Å²) in [6.45, 7) is 8.75. The first-order valence-electron chi connectivity index (χ1n) is 6.73. The van der Waals surface area contributed by atoms with Gasteiger partial charge in [0.25, 0.3) is 0 Å². The SMILES string of the molecule is C[C@@H](NCCNC(=O)OC(C)(C)C)c1cccc(Cl)c1. The highest BCUT2D eigenvalue weighted by Crippen LogP contribution is 2.16. The lowest BCUT2D eigenvalue weighted by molar-refractivity contribution is 0.0528. The van der Waals surface area contributed by atoms with E-state index < -0.39 is 11.7 Å². The molecule has 20 heavy (non-hydrogen) atoms. The Labute approximate surface area is 125 Å². The van der Waals surface area contributed by atoms with E-state index in [1.165, 1.54) is 0 Å². The first kappa shape index (κ1) is 16.8. The summed E-state index contributed by atoms with van der Waals surface area (Å²) < 4.78 is 5.15. The van der Waals surface area contributed by atoms with Crippen LogP contribution in [-0.4, -0.2) is 24.8 Å². The van der Waals surface area contributed by atoms with Gasteiger partial charge >= 0.3 is 6.09 Å². The molecule has 0 spiro atoms. The summed E-state index contributed by atoms with van der Waals surface area (Å²) in [5.41, 5.74) is 0.653. The molecule has 4 nitrogen and oxygen atoms in total. The van der Waals surface area contributed by atoms with Crippen molar-refractivity contribution in [2.45, 2.75) is 39.3 Å². The summed E-state index contributed by atoms with van der Waals surface area (Å²) in [5.74, 6) is 0. The topological polar surface area (TPSA) is 50.4 Å². The number of nitrogens with one attached hydrogen (secondary N) is 2. The molecule has 1 aromatic rings. The van der Waals surface area contributed by atoms with E-state index >= 15 is 0 Å². The second kappa shape index (κ2) is 7.50. The van der Waals surface area contributed by atoms with Gasteiger partial charge in [0.05, 0.1) is 0 Å². The van der Waals surface area contributed by atoms with Gasteiger partial charge in [-0.1, -0.05) is 23.7 Å². The third-order valence-electron chi connectivity index (χ3n) is 2.59. The van der Waals surface area contributed by atoms with Crippen molar-refractivity contribution in [3.63, 3.8) is 0 Å². The predicted molar refractivity (Wildman–Crippen MR) is 82.1 cm³/mol. The molecule has 1 rings (SSSR count). The molecular formula is C15H23ClN2O2. The van der Waals surface area contributed by atoms with Crippen LogP contribution in [0.3, 0.4) is 0 Å². The summed E-state index contributed by atoms with van der Waals surface area (Å²) in [6, 6.07) is 7.90. The number of ether oxygens (including phenoxy) is 1. The minimum atomic E-state index is -0.467. The molecule has 0 fully saturated rings. The zero-order chi connectivity index (χ0) is 15.2. The van der Waals surface area contributed by atoms with Crippen molar-refractivity contribution in [2.75, 3.05) is 13.1 Å². The average Bonchev–Trinajstić information content (AvgIpc) is 2.32. The molecule has 1 aromatic carbocycles. The summed E-state index contributed by atoms with van der Waals surface area (Å²) in [4.78, 5) is 11.4. The highest BCUT2D eigenvalue weighted by molar-refractivity contribution is 6.30. The minimum absolute atomic E-state index is 0.175. The van der Waals surface area contributed by atoms with Crippen molar-refractivity contribution >= 4 is 17.7 Å². The lowest BCUT2D eigenvalue weighted by atomic mass is 10.1. The van der Waals surface area contributed by atoms with Gasteiger partial charge in [0.2, 0.25) is 0 Å².